The summed E-state index contributed by atoms with van der Waals surface area (Å²) in [5.41, 5.74) is 1.10. The second-order valence-corrected chi connectivity index (χ2v) is 3.16. The molecule has 0 aromatic heterocycles. The van der Waals surface area contributed by atoms with Gasteiger partial charge in [0.1, 0.15) is 0 Å². The lowest BCUT2D eigenvalue weighted by molar-refractivity contribution is -0.150. The summed E-state index contributed by atoms with van der Waals surface area (Å²) in [5, 5.41) is 0. The quantitative estimate of drug-likeness (QED) is 0.447. The Hall–Kier alpha value is -0.790. The zero-order valence-electron chi connectivity index (χ0n) is 7.09. The summed E-state index contributed by atoms with van der Waals surface area (Å²) in [4.78, 5) is 11.0. The van der Waals surface area contributed by atoms with Gasteiger partial charge in [-0.1, -0.05) is 12.2 Å². The number of allylic oxidation sites excluding steroid dienone is 1. The van der Waals surface area contributed by atoms with E-state index in [1.54, 1.807) is 0 Å². The predicted octanol–water partition coefficient (Wildman–Crippen LogP) is 1.76. The lowest BCUT2D eigenvalue weighted by Gasteiger charge is -2.34. The fourth-order valence-corrected chi connectivity index (χ4v) is 1.52. The number of carbonyl (C=O) groups excluding carboxylic acids is 1. The molecule has 2 nitrogen and oxygen atoms in total. The highest BCUT2D eigenvalue weighted by molar-refractivity contribution is 5.74. The van der Waals surface area contributed by atoms with Gasteiger partial charge in [0.25, 0.3) is 0 Å². The molecule has 0 aromatic carbocycles. The highest BCUT2D eigenvalue weighted by Gasteiger charge is 2.37. The Balaban J connectivity index is 2.49. The third-order valence-corrected chi connectivity index (χ3v) is 2.41. The van der Waals surface area contributed by atoms with Crippen molar-refractivity contribution in [3.63, 3.8) is 0 Å². The minimum atomic E-state index is -0.0794. The number of ether oxygens (including phenoxy) is 1. The Morgan fingerprint density at radius 2 is 2.00 bits per heavy atom. The van der Waals surface area contributed by atoms with Crippen LogP contribution in [-0.2, 0) is 9.53 Å². The maximum absolute atomic E-state index is 11.0. The lowest BCUT2D eigenvalue weighted by Crippen LogP contribution is -2.34. The summed E-state index contributed by atoms with van der Waals surface area (Å²) in [6, 6.07) is 0. The van der Waals surface area contributed by atoms with Crippen molar-refractivity contribution in [1.82, 2.24) is 0 Å². The van der Waals surface area contributed by atoms with Crippen molar-refractivity contribution in [1.29, 1.82) is 0 Å². The third kappa shape index (κ3) is 1.44. The molecule has 1 saturated carbocycles. The zero-order valence-corrected chi connectivity index (χ0v) is 7.09. The molecule has 0 heterocycles. The molecular formula is C9H14O2. The van der Waals surface area contributed by atoms with Crippen molar-refractivity contribution in [3.8, 4) is 0 Å². The van der Waals surface area contributed by atoms with E-state index in [1.807, 2.05) is 6.92 Å². The highest BCUT2D eigenvalue weighted by Crippen LogP contribution is 2.39. The van der Waals surface area contributed by atoms with E-state index in [0.29, 0.717) is 5.92 Å². The summed E-state index contributed by atoms with van der Waals surface area (Å²) < 4.78 is 4.65. The van der Waals surface area contributed by atoms with Gasteiger partial charge >= 0.3 is 5.97 Å². The molecule has 1 rings (SSSR count). The lowest BCUT2D eigenvalue weighted by atomic mass is 9.70. The van der Waals surface area contributed by atoms with E-state index >= 15 is 0 Å². The van der Waals surface area contributed by atoms with E-state index in [2.05, 4.69) is 11.3 Å². The average Bonchev–Trinajstić information content (AvgIpc) is 1.83. The maximum Gasteiger partial charge on any atom is 0.309 e. The van der Waals surface area contributed by atoms with Crippen molar-refractivity contribution >= 4 is 5.97 Å². The molecular weight excluding hydrogens is 140 g/mol. The van der Waals surface area contributed by atoms with Gasteiger partial charge in [-0.2, -0.15) is 0 Å². The Kier molecular flexibility index (Phi) is 2.32. The van der Waals surface area contributed by atoms with Crippen LogP contribution in [0.4, 0.5) is 0 Å². The molecule has 2 unspecified atom stereocenters. The van der Waals surface area contributed by atoms with E-state index in [0.717, 1.165) is 18.4 Å². The number of hydrogen-bond donors (Lipinski definition) is 0. The SMILES string of the molecule is C=C(C)C1CCC1C(=O)OC. The molecule has 0 amide bonds. The third-order valence-electron chi connectivity index (χ3n) is 2.41. The van der Waals surface area contributed by atoms with Crippen LogP contribution in [0.3, 0.4) is 0 Å². The predicted molar refractivity (Wildman–Crippen MR) is 43.0 cm³/mol. The molecule has 0 radical (unpaired) electrons. The van der Waals surface area contributed by atoms with E-state index in [9.17, 15) is 4.79 Å². The molecule has 2 atom stereocenters. The van der Waals surface area contributed by atoms with E-state index < -0.39 is 0 Å². The summed E-state index contributed by atoms with van der Waals surface area (Å²) >= 11 is 0. The summed E-state index contributed by atoms with van der Waals surface area (Å²) in [5.74, 6) is 0.393. The normalized spacial score (nSPS) is 28.9. The number of methoxy groups -OCH3 is 1. The second kappa shape index (κ2) is 3.07. The van der Waals surface area contributed by atoms with Crippen LogP contribution in [0.5, 0.6) is 0 Å². The minimum Gasteiger partial charge on any atom is -0.469 e. The van der Waals surface area contributed by atoms with Crippen LogP contribution in [0.1, 0.15) is 19.8 Å². The van der Waals surface area contributed by atoms with Gasteiger partial charge in [-0.25, -0.2) is 0 Å². The van der Waals surface area contributed by atoms with E-state index in [-0.39, 0.29) is 11.9 Å². The van der Waals surface area contributed by atoms with Gasteiger partial charge in [0.2, 0.25) is 0 Å². The fraction of sp³-hybridized carbons (Fsp3) is 0.667. The molecule has 11 heavy (non-hydrogen) atoms. The highest BCUT2D eigenvalue weighted by atomic mass is 16.5. The minimum absolute atomic E-state index is 0.0794. The van der Waals surface area contributed by atoms with Crippen molar-refractivity contribution < 1.29 is 9.53 Å². The molecule has 0 spiro atoms. The van der Waals surface area contributed by atoms with Crippen LogP contribution in [0, 0.1) is 11.8 Å². The average molecular weight is 154 g/mol. The van der Waals surface area contributed by atoms with Crippen LogP contribution >= 0.6 is 0 Å². The van der Waals surface area contributed by atoms with Crippen molar-refractivity contribution in [2.24, 2.45) is 11.8 Å². The van der Waals surface area contributed by atoms with Gasteiger partial charge in [-0.05, 0) is 25.7 Å². The molecule has 0 aromatic rings. The first-order valence-electron chi connectivity index (χ1n) is 3.90. The van der Waals surface area contributed by atoms with Crippen LogP contribution in [0.2, 0.25) is 0 Å². The first-order valence-corrected chi connectivity index (χ1v) is 3.90. The first-order chi connectivity index (χ1) is 5.16. The van der Waals surface area contributed by atoms with Crippen LogP contribution in [0.15, 0.2) is 12.2 Å². The fourth-order valence-electron chi connectivity index (χ4n) is 1.52. The van der Waals surface area contributed by atoms with Crippen LogP contribution < -0.4 is 0 Å². The molecule has 62 valence electrons. The Labute approximate surface area is 67.2 Å². The molecule has 1 fully saturated rings. The smallest absolute Gasteiger partial charge is 0.309 e. The van der Waals surface area contributed by atoms with Gasteiger partial charge in [0.05, 0.1) is 13.0 Å². The molecule has 0 aliphatic heterocycles. The summed E-state index contributed by atoms with van der Waals surface area (Å²) in [7, 11) is 1.44. The molecule has 1 aliphatic rings. The standard InChI is InChI=1S/C9H14O2/c1-6(2)7-4-5-8(7)9(10)11-3/h7-8H,1,4-5H2,2-3H3. The van der Waals surface area contributed by atoms with Crippen molar-refractivity contribution in [2.45, 2.75) is 19.8 Å². The molecule has 0 bridgehead atoms. The number of carbonyl (C=O) groups is 1. The largest absolute Gasteiger partial charge is 0.469 e. The van der Waals surface area contributed by atoms with Gasteiger partial charge in [-0.3, -0.25) is 4.79 Å². The van der Waals surface area contributed by atoms with E-state index in [4.69, 9.17) is 0 Å². The van der Waals surface area contributed by atoms with Crippen LogP contribution in [-0.4, -0.2) is 13.1 Å². The Bertz CT molecular complexity index is 184. The number of hydrogen-bond acceptors (Lipinski definition) is 2. The number of rotatable bonds is 2. The van der Waals surface area contributed by atoms with Gasteiger partial charge in [0, 0.05) is 0 Å². The van der Waals surface area contributed by atoms with Crippen LogP contribution in [0.25, 0.3) is 0 Å². The molecule has 1 aliphatic carbocycles. The molecule has 0 saturated heterocycles. The van der Waals surface area contributed by atoms with Gasteiger partial charge in [0.15, 0.2) is 0 Å². The summed E-state index contributed by atoms with van der Waals surface area (Å²) in [6.45, 7) is 5.81. The summed E-state index contributed by atoms with van der Waals surface area (Å²) in [6.07, 6.45) is 2.05. The number of esters is 1. The van der Waals surface area contributed by atoms with Crippen molar-refractivity contribution in [2.75, 3.05) is 7.11 Å². The molecule has 0 N–H and O–H groups in total. The van der Waals surface area contributed by atoms with Crippen molar-refractivity contribution in [3.05, 3.63) is 12.2 Å². The van der Waals surface area contributed by atoms with Gasteiger partial charge in [-0.15, -0.1) is 0 Å². The first kappa shape index (κ1) is 8.31. The molecule has 2 heteroatoms. The second-order valence-electron chi connectivity index (χ2n) is 3.16. The Morgan fingerprint density at radius 1 is 1.45 bits per heavy atom. The maximum atomic E-state index is 11.0. The monoisotopic (exact) mass is 154 g/mol. The Morgan fingerprint density at radius 3 is 2.27 bits per heavy atom. The van der Waals surface area contributed by atoms with Gasteiger partial charge < -0.3 is 4.74 Å². The zero-order chi connectivity index (χ0) is 8.43. The topological polar surface area (TPSA) is 26.3 Å². The van der Waals surface area contributed by atoms with E-state index in [1.165, 1.54) is 7.11 Å².